The molecule has 0 bridgehead atoms. The Kier molecular flexibility index (Phi) is 5.38. The fourth-order valence-electron chi connectivity index (χ4n) is 4.29. The Balaban J connectivity index is 1.32. The molecular formula is C26H25FN6. The number of hydrogen-bond acceptors (Lipinski definition) is 5. The second-order valence-electron chi connectivity index (χ2n) is 8.24. The molecule has 3 N–H and O–H groups in total. The number of aromatic amines is 1. The quantitative estimate of drug-likeness (QED) is 0.303. The van der Waals surface area contributed by atoms with E-state index in [1.807, 2.05) is 63.2 Å². The van der Waals surface area contributed by atoms with Crippen molar-refractivity contribution in [2.75, 3.05) is 17.2 Å². The maximum absolute atomic E-state index is 14.2. The first-order valence-electron chi connectivity index (χ1n) is 11.0. The van der Waals surface area contributed by atoms with E-state index in [0.717, 1.165) is 56.9 Å². The number of halogens is 1. The summed E-state index contributed by atoms with van der Waals surface area (Å²) in [7, 11) is 0. The molecule has 33 heavy (non-hydrogen) atoms. The zero-order chi connectivity index (χ0) is 22.9. The van der Waals surface area contributed by atoms with E-state index in [4.69, 9.17) is 0 Å². The first-order valence-corrected chi connectivity index (χ1v) is 11.0. The Morgan fingerprint density at radius 2 is 1.82 bits per heavy atom. The minimum Gasteiger partial charge on any atom is -0.370 e. The minimum absolute atomic E-state index is 0.218. The average molecular weight is 441 g/mol. The molecule has 0 saturated carbocycles. The van der Waals surface area contributed by atoms with Crippen molar-refractivity contribution in [2.24, 2.45) is 0 Å². The van der Waals surface area contributed by atoms with Crippen molar-refractivity contribution in [3.63, 3.8) is 0 Å². The van der Waals surface area contributed by atoms with E-state index in [2.05, 4.69) is 30.6 Å². The first kappa shape index (κ1) is 20.9. The van der Waals surface area contributed by atoms with Crippen LogP contribution in [0, 0.1) is 26.6 Å². The van der Waals surface area contributed by atoms with Crippen molar-refractivity contribution in [1.82, 2.24) is 19.9 Å². The van der Waals surface area contributed by atoms with Gasteiger partial charge in [0, 0.05) is 41.0 Å². The van der Waals surface area contributed by atoms with Crippen LogP contribution >= 0.6 is 0 Å². The van der Waals surface area contributed by atoms with E-state index in [9.17, 15) is 4.39 Å². The highest BCUT2D eigenvalue weighted by Gasteiger charge is 2.14. The Morgan fingerprint density at radius 3 is 2.70 bits per heavy atom. The molecule has 3 aromatic heterocycles. The van der Waals surface area contributed by atoms with Crippen molar-refractivity contribution in [3.8, 4) is 0 Å². The highest BCUT2D eigenvalue weighted by Crippen LogP contribution is 2.28. The molecule has 2 aromatic carbocycles. The molecule has 166 valence electrons. The van der Waals surface area contributed by atoms with Crippen LogP contribution in [0.3, 0.4) is 0 Å². The third kappa shape index (κ3) is 4.22. The zero-order valence-electron chi connectivity index (χ0n) is 18.8. The van der Waals surface area contributed by atoms with Crippen LogP contribution in [0.1, 0.15) is 22.6 Å². The summed E-state index contributed by atoms with van der Waals surface area (Å²) < 4.78 is 14.2. The van der Waals surface area contributed by atoms with Gasteiger partial charge in [-0.15, -0.1) is 0 Å². The van der Waals surface area contributed by atoms with E-state index >= 15 is 0 Å². The average Bonchev–Trinajstić information content (AvgIpc) is 3.13. The van der Waals surface area contributed by atoms with Crippen molar-refractivity contribution < 1.29 is 4.39 Å². The summed E-state index contributed by atoms with van der Waals surface area (Å²) in [5.41, 5.74) is 5.66. The maximum atomic E-state index is 14.2. The number of fused-ring (bicyclic) bond motifs is 2. The summed E-state index contributed by atoms with van der Waals surface area (Å²) in [4.78, 5) is 16.6. The molecule has 0 aliphatic rings. The summed E-state index contributed by atoms with van der Waals surface area (Å²) in [6.07, 6.45) is 2.54. The molecule has 5 aromatic rings. The lowest BCUT2D eigenvalue weighted by Gasteiger charge is -2.11. The fraction of sp³-hybridized carbons (Fsp3) is 0.192. The lowest BCUT2D eigenvalue weighted by molar-refractivity contribution is 0.637. The van der Waals surface area contributed by atoms with Gasteiger partial charge >= 0.3 is 0 Å². The number of benzene rings is 2. The number of nitrogens with one attached hydrogen (secondary N) is 3. The molecule has 0 fully saturated rings. The Bertz CT molecular complexity index is 1470. The van der Waals surface area contributed by atoms with Crippen LogP contribution in [0.4, 0.5) is 21.7 Å². The molecule has 0 unspecified atom stereocenters. The van der Waals surface area contributed by atoms with Crippen LogP contribution in [0.15, 0.2) is 54.7 Å². The maximum Gasteiger partial charge on any atom is 0.147 e. The zero-order valence-corrected chi connectivity index (χ0v) is 18.8. The van der Waals surface area contributed by atoms with Gasteiger partial charge in [0.1, 0.15) is 23.3 Å². The number of H-pyrrole nitrogens is 1. The number of anilines is 3. The summed E-state index contributed by atoms with van der Waals surface area (Å²) >= 11 is 0. The van der Waals surface area contributed by atoms with Crippen LogP contribution in [-0.4, -0.2) is 26.5 Å². The first-order chi connectivity index (χ1) is 16.0. The topological polar surface area (TPSA) is 78.5 Å². The second kappa shape index (κ2) is 8.50. The van der Waals surface area contributed by atoms with Crippen molar-refractivity contribution in [2.45, 2.75) is 27.2 Å². The van der Waals surface area contributed by atoms with Gasteiger partial charge in [-0.25, -0.2) is 14.4 Å². The Labute approximate surface area is 191 Å². The van der Waals surface area contributed by atoms with Crippen molar-refractivity contribution in [3.05, 3.63) is 83.2 Å². The van der Waals surface area contributed by atoms with Gasteiger partial charge in [-0.3, -0.25) is 4.98 Å². The predicted octanol–water partition coefficient (Wildman–Crippen LogP) is 5.97. The third-order valence-corrected chi connectivity index (χ3v) is 5.82. The highest BCUT2D eigenvalue weighted by atomic mass is 19.1. The van der Waals surface area contributed by atoms with Crippen molar-refractivity contribution >= 4 is 39.1 Å². The van der Waals surface area contributed by atoms with Crippen LogP contribution < -0.4 is 10.6 Å². The molecule has 0 atom stereocenters. The Morgan fingerprint density at radius 1 is 0.970 bits per heavy atom. The van der Waals surface area contributed by atoms with Gasteiger partial charge in [0.05, 0.1) is 11.0 Å². The lowest BCUT2D eigenvalue weighted by Crippen LogP contribution is -2.09. The molecule has 0 aliphatic carbocycles. The third-order valence-electron chi connectivity index (χ3n) is 5.82. The molecule has 5 rings (SSSR count). The van der Waals surface area contributed by atoms with E-state index in [1.54, 1.807) is 6.20 Å². The predicted molar refractivity (Wildman–Crippen MR) is 132 cm³/mol. The van der Waals surface area contributed by atoms with Gasteiger partial charge in [-0.05, 0) is 68.7 Å². The normalized spacial score (nSPS) is 11.3. The van der Waals surface area contributed by atoms with E-state index in [-0.39, 0.29) is 5.82 Å². The molecule has 0 aliphatic heterocycles. The van der Waals surface area contributed by atoms with Gasteiger partial charge in [0.15, 0.2) is 0 Å². The van der Waals surface area contributed by atoms with Crippen LogP contribution in [0.25, 0.3) is 21.8 Å². The van der Waals surface area contributed by atoms with Gasteiger partial charge in [-0.1, -0.05) is 12.1 Å². The molecule has 0 saturated heterocycles. The monoisotopic (exact) mass is 440 g/mol. The lowest BCUT2D eigenvalue weighted by atomic mass is 10.0. The van der Waals surface area contributed by atoms with Gasteiger partial charge in [-0.2, -0.15) is 0 Å². The highest BCUT2D eigenvalue weighted by molar-refractivity contribution is 5.88. The van der Waals surface area contributed by atoms with E-state index < -0.39 is 0 Å². The number of nitrogens with zero attached hydrogens (tertiary/aromatic N) is 3. The van der Waals surface area contributed by atoms with Gasteiger partial charge < -0.3 is 15.6 Å². The molecule has 3 heterocycles. The number of pyridine rings is 1. The number of hydrogen-bond donors (Lipinski definition) is 3. The molecule has 0 amide bonds. The molecule has 6 nitrogen and oxygen atoms in total. The van der Waals surface area contributed by atoms with Crippen LogP contribution in [0.2, 0.25) is 0 Å². The standard InChI is InChI=1S/C26H25FN6/c1-15-6-8-21(27)26-25(15)20(16(2)30-26)10-12-29-23-14-24(32-17(3)31-23)33-19-7-9-22-18(13-19)5-4-11-28-22/h4-9,11,13-14,30H,10,12H2,1-3H3,(H2,29,31,32,33). The number of aromatic nitrogens is 4. The molecule has 0 spiro atoms. The summed E-state index contributed by atoms with van der Waals surface area (Å²) in [5.74, 6) is 1.91. The fourth-order valence-corrected chi connectivity index (χ4v) is 4.29. The number of aryl methyl sites for hydroxylation is 3. The van der Waals surface area contributed by atoms with E-state index in [0.29, 0.717) is 17.9 Å². The van der Waals surface area contributed by atoms with E-state index in [1.165, 1.54) is 6.07 Å². The summed E-state index contributed by atoms with van der Waals surface area (Å²) in [6.45, 7) is 6.54. The van der Waals surface area contributed by atoms with Crippen LogP contribution in [-0.2, 0) is 6.42 Å². The Hall–Kier alpha value is -4.00. The number of rotatable bonds is 6. The minimum atomic E-state index is -0.218. The summed E-state index contributed by atoms with van der Waals surface area (Å²) in [6, 6.07) is 15.2. The molecule has 0 radical (unpaired) electrons. The SMILES string of the molecule is Cc1nc(NCCc2c(C)[nH]c3c(F)ccc(C)c23)cc(Nc2ccc3ncccc3c2)n1. The van der Waals surface area contributed by atoms with Gasteiger partial charge in [0.25, 0.3) is 0 Å². The summed E-state index contributed by atoms with van der Waals surface area (Å²) in [5, 5.41) is 8.80. The molecule has 7 heteroatoms. The van der Waals surface area contributed by atoms with Gasteiger partial charge in [0.2, 0.25) is 0 Å². The van der Waals surface area contributed by atoms with Crippen LogP contribution in [0.5, 0.6) is 0 Å². The van der Waals surface area contributed by atoms with Crippen molar-refractivity contribution in [1.29, 1.82) is 0 Å². The second-order valence-corrected chi connectivity index (χ2v) is 8.24. The molecular weight excluding hydrogens is 415 g/mol. The largest absolute Gasteiger partial charge is 0.370 e. The smallest absolute Gasteiger partial charge is 0.147 e.